The van der Waals surface area contributed by atoms with E-state index in [0.717, 1.165) is 22.0 Å². The summed E-state index contributed by atoms with van der Waals surface area (Å²) in [6.45, 7) is 3.17. The molecule has 1 aromatic rings. The molecule has 1 aliphatic rings. The van der Waals surface area contributed by atoms with Gasteiger partial charge in [-0.15, -0.1) is 0 Å². The van der Waals surface area contributed by atoms with Crippen molar-refractivity contribution >= 4 is 27.5 Å². The van der Waals surface area contributed by atoms with Gasteiger partial charge in [0.15, 0.2) is 0 Å². The van der Waals surface area contributed by atoms with Crippen LogP contribution in [0.4, 0.5) is 0 Å². The average molecular weight is 331 g/mol. The summed E-state index contributed by atoms with van der Waals surface area (Å²) >= 11 is 9.69. The highest BCUT2D eigenvalue weighted by Crippen LogP contribution is 2.34. The predicted octanol–water partition coefficient (Wildman–Crippen LogP) is 5.33. The predicted molar refractivity (Wildman–Crippen MR) is 82.1 cm³/mol. The molecular weight excluding hydrogens is 310 g/mol. The van der Waals surface area contributed by atoms with Crippen molar-refractivity contribution < 1.29 is 0 Å². The second-order valence-corrected chi connectivity index (χ2v) is 6.55. The maximum absolute atomic E-state index is 6.15. The van der Waals surface area contributed by atoms with Gasteiger partial charge < -0.3 is 5.32 Å². The van der Waals surface area contributed by atoms with Crippen LogP contribution in [0.5, 0.6) is 0 Å². The van der Waals surface area contributed by atoms with Crippen LogP contribution in [0.3, 0.4) is 0 Å². The lowest BCUT2D eigenvalue weighted by atomic mass is 9.93. The maximum Gasteiger partial charge on any atom is 0.0420 e. The van der Waals surface area contributed by atoms with Crippen LogP contribution < -0.4 is 5.32 Å². The van der Waals surface area contributed by atoms with Crippen LogP contribution in [-0.4, -0.2) is 6.54 Å². The fourth-order valence-corrected chi connectivity index (χ4v) is 3.83. The van der Waals surface area contributed by atoms with Crippen molar-refractivity contribution in [3.8, 4) is 0 Å². The standard InChI is InChI=1S/C15H21BrClN/c1-2-18-15(7-11-5-3-4-6-11)12-8-13(16)10-14(17)9-12/h8-11,15,18H,2-7H2,1H3. The Morgan fingerprint density at radius 2 is 2.06 bits per heavy atom. The van der Waals surface area contributed by atoms with Gasteiger partial charge in [0.05, 0.1) is 0 Å². The van der Waals surface area contributed by atoms with Gasteiger partial charge in [0.2, 0.25) is 0 Å². The zero-order valence-electron chi connectivity index (χ0n) is 10.9. The van der Waals surface area contributed by atoms with Gasteiger partial charge in [0.25, 0.3) is 0 Å². The maximum atomic E-state index is 6.15. The van der Waals surface area contributed by atoms with E-state index in [1.54, 1.807) is 0 Å². The summed E-state index contributed by atoms with van der Waals surface area (Å²) < 4.78 is 1.07. The van der Waals surface area contributed by atoms with Crippen molar-refractivity contribution in [3.05, 3.63) is 33.3 Å². The molecule has 1 N–H and O–H groups in total. The van der Waals surface area contributed by atoms with Gasteiger partial charge in [-0.05, 0) is 42.6 Å². The van der Waals surface area contributed by atoms with E-state index in [1.807, 2.05) is 6.07 Å². The summed E-state index contributed by atoms with van der Waals surface area (Å²) in [4.78, 5) is 0. The van der Waals surface area contributed by atoms with Crippen molar-refractivity contribution in [2.75, 3.05) is 6.54 Å². The van der Waals surface area contributed by atoms with E-state index in [2.05, 4.69) is 40.3 Å². The number of nitrogens with one attached hydrogen (secondary N) is 1. The van der Waals surface area contributed by atoms with Crippen molar-refractivity contribution in [1.82, 2.24) is 5.32 Å². The van der Waals surface area contributed by atoms with E-state index in [9.17, 15) is 0 Å². The van der Waals surface area contributed by atoms with Crippen molar-refractivity contribution in [2.45, 2.75) is 45.1 Å². The highest BCUT2D eigenvalue weighted by atomic mass is 79.9. The topological polar surface area (TPSA) is 12.0 Å². The normalized spacial score (nSPS) is 18.2. The molecule has 0 radical (unpaired) electrons. The van der Waals surface area contributed by atoms with Gasteiger partial charge in [0.1, 0.15) is 0 Å². The van der Waals surface area contributed by atoms with E-state index in [0.29, 0.717) is 6.04 Å². The van der Waals surface area contributed by atoms with E-state index >= 15 is 0 Å². The van der Waals surface area contributed by atoms with Crippen molar-refractivity contribution in [1.29, 1.82) is 0 Å². The monoisotopic (exact) mass is 329 g/mol. The average Bonchev–Trinajstić information content (AvgIpc) is 2.80. The molecule has 0 spiro atoms. The molecule has 1 saturated carbocycles. The van der Waals surface area contributed by atoms with E-state index in [4.69, 9.17) is 11.6 Å². The molecule has 18 heavy (non-hydrogen) atoms. The molecule has 1 aliphatic carbocycles. The molecule has 1 unspecified atom stereocenters. The Balaban J connectivity index is 2.11. The molecule has 1 atom stereocenters. The fourth-order valence-electron chi connectivity index (χ4n) is 2.94. The summed E-state index contributed by atoms with van der Waals surface area (Å²) in [5.74, 6) is 0.881. The number of halogens is 2. The lowest BCUT2D eigenvalue weighted by Gasteiger charge is -2.22. The lowest BCUT2D eigenvalue weighted by molar-refractivity contribution is 0.400. The molecule has 0 aromatic heterocycles. The van der Waals surface area contributed by atoms with Crippen LogP contribution in [0.1, 0.15) is 50.6 Å². The highest BCUT2D eigenvalue weighted by molar-refractivity contribution is 9.10. The van der Waals surface area contributed by atoms with Gasteiger partial charge in [0, 0.05) is 15.5 Å². The second kappa shape index (κ2) is 6.93. The Hall–Kier alpha value is -0.0500. The van der Waals surface area contributed by atoms with Gasteiger partial charge in [-0.1, -0.05) is 60.1 Å². The van der Waals surface area contributed by atoms with Crippen molar-refractivity contribution in [3.63, 3.8) is 0 Å². The van der Waals surface area contributed by atoms with Gasteiger partial charge in [-0.3, -0.25) is 0 Å². The largest absolute Gasteiger partial charge is 0.310 e. The molecule has 100 valence electrons. The SMILES string of the molecule is CCNC(CC1CCCC1)c1cc(Cl)cc(Br)c1. The van der Waals surface area contributed by atoms with Crippen LogP contribution >= 0.6 is 27.5 Å². The Bertz CT molecular complexity index is 368. The van der Waals surface area contributed by atoms with Gasteiger partial charge >= 0.3 is 0 Å². The van der Waals surface area contributed by atoms with Crippen LogP contribution in [0.15, 0.2) is 22.7 Å². The van der Waals surface area contributed by atoms with Crippen LogP contribution in [0.25, 0.3) is 0 Å². The first kappa shape index (κ1) is 14.4. The molecule has 1 fully saturated rings. The Kier molecular flexibility index (Phi) is 5.53. The van der Waals surface area contributed by atoms with Gasteiger partial charge in [-0.25, -0.2) is 0 Å². The van der Waals surface area contributed by atoms with Crippen LogP contribution in [-0.2, 0) is 0 Å². The number of hydrogen-bond donors (Lipinski definition) is 1. The smallest absolute Gasteiger partial charge is 0.0420 e. The molecule has 1 aromatic carbocycles. The zero-order valence-corrected chi connectivity index (χ0v) is 13.2. The minimum atomic E-state index is 0.438. The number of rotatable bonds is 5. The van der Waals surface area contributed by atoms with E-state index < -0.39 is 0 Å². The molecule has 0 heterocycles. The molecular formula is C15H21BrClN. The molecule has 0 bridgehead atoms. The summed E-state index contributed by atoms with van der Waals surface area (Å²) in [5.41, 5.74) is 1.31. The lowest BCUT2D eigenvalue weighted by Crippen LogP contribution is -2.23. The zero-order chi connectivity index (χ0) is 13.0. The number of benzene rings is 1. The Morgan fingerprint density at radius 3 is 2.67 bits per heavy atom. The summed E-state index contributed by atoms with van der Waals surface area (Å²) in [5, 5.41) is 4.41. The Labute approximate surface area is 123 Å². The first-order chi connectivity index (χ1) is 8.69. The minimum Gasteiger partial charge on any atom is -0.310 e. The summed E-state index contributed by atoms with van der Waals surface area (Å²) in [7, 11) is 0. The third kappa shape index (κ3) is 3.97. The molecule has 0 amide bonds. The molecule has 2 rings (SSSR count). The van der Waals surface area contributed by atoms with Gasteiger partial charge in [-0.2, -0.15) is 0 Å². The highest BCUT2D eigenvalue weighted by Gasteiger charge is 2.21. The van der Waals surface area contributed by atoms with Crippen molar-refractivity contribution in [2.24, 2.45) is 5.92 Å². The summed E-state index contributed by atoms with van der Waals surface area (Å²) in [6.07, 6.45) is 6.83. The third-order valence-electron chi connectivity index (χ3n) is 3.78. The third-order valence-corrected chi connectivity index (χ3v) is 4.46. The van der Waals surface area contributed by atoms with Crippen LogP contribution in [0, 0.1) is 5.92 Å². The second-order valence-electron chi connectivity index (χ2n) is 5.20. The first-order valence-corrected chi connectivity index (χ1v) is 8.05. The number of hydrogen-bond acceptors (Lipinski definition) is 1. The van der Waals surface area contributed by atoms with E-state index in [-0.39, 0.29) is 0 Å². The summed E-state index contributed by atoms with van der Waals surface area (Å²) in [6, 6.07) is 6.67. The molecule has 1 nitrogen and oxygen atoms in total. The Morgan fingerprint density at radius 1 is 1.33 bits per heavy atom. The molecule has 0 aliphatic heterocycles. The first-order valence-electron chi connectivity index (χ1n) is 6.88. The molecule has 3 heteroatoms. The minimum absolute atomic E-state index is 0.438. The van der Waals surface area contributed by atoms with Crippen LogP contribution in [0.2, 0.25) is 5.02 Å². The molecule has 0 saturated heterocycles. The quantitative estimate of drug-likeness (QED) is 0.769. The fraction of sp³-hybridized carbons (Fsp3) is 0.600. The van der Waals surface area contributed by atoms with E-state index in [1.165, 1.54) is 37.7 Å².